The molecular weight excluding hydrogens is 373 g/mol. The van der Waals surface area contributed by atoms with Gasteiger partial charge in [0.15, 0.2) is 9.84 Å². The van der Waals surface area contributed by atoms with Gasteiger partial charge in [0.25, 0.3) is 0 Å². The molecule has 1 aromatic carbocycles. The van der Waals surface area contributed by atoms with Gasteiger partial charge in [0.2, 0.25) is 0 Å². The van der Waals surface area contributed by atoms with Crippen molar-refractivity contribution in [3.8, 4) is 0 Å². The summed E-state index contributed by atoms with van der Waals surface area (Å²) in [7, 11) is -3.38. The molecule has 0 saturated carbocycles. The second-order valence-corrected chi connectivity index (χ2v) is 8.62. The summed E-state index contributed by atoms with van der Waals surface area (Å²) in [6, 6.07) is 1.92. The molecule has 7 nitrogen and oxygen atoms in total. The summed E-state index contributed by atoms with van der Waals surface area (Å²) in [5.41, 5.74) is 5.53. The number of alkyl halides is 1. The molecule has 0 unspecified atom stereocenters. The normalized spacial score (nSPS) is 23.7. The van der Waals surface area contributed by atoms with Gasteiger partial charge in [-0.1, -0.05) is 10.3 Å². The topological polar surface area (TPSA) is 104 Å². The van der Waals surface area contributed by atoms with E-state index in [2.05, 4.69) is 15.2 Å². The fraction of sp³-hybridized carbons (Fsp3) is 0.533. The summed E-state index contributed by atoms with van der Waals surface area (Å²) >= 11 is 0. The zero-order valence-electron chi connectivity index (χ0n) is 13.5. The smallest absolute Gasteiger partial charge is 0.150 e. The SMILES string of the molecule is [N-]=[N+]=NC[C@H]1CC(c2cc(F)c(C3(F)CCS(=O)(=O)CC3)c(F)c2)=NO1. The van der Waals surface area contributed by atoms with E-state index in [1.165, 1.54) is 0 Å². The minimum atomic E-state index is -3.38. The molecule has 0 spiro atoms. The van der Waals surface area contributed by atoms with Crippen LogP contribution in [0.15, 0.2) is 22.4 Å². The van der Waals surface area contributed by atoms with Crippen molar-refractivity contribution in [3.63, 3.8) is 0 Å². The van der Waals surface area contributed by atoms with Crippen molar-refractivity contribution in [1.29, 1.82) is 0 Å². The van der Waals surface area contributed by atoms with E-state index in [-0.39, 0.29) is 24.2 Å². The lowest BCUT2D eigenvalue weighted by atomic mass is 9.87. The van der Waals surface area contributed by atoms with Gasteiger partial charge < -0.3 is 4.84 Å². The maximum atomic E-state index is 15.0. The Morgan fingerprint density at radius 2 is 1.92 bits per heavy atom. The van der Waals surface area contributed by atoms with Crippen molar-refractivity contribution in [2.45, 2.75) is 31.0 Å². The Morgan fingerprint density at radius 3 is 2.50 bits per heavy atom. The lowest BCUT2D eigenvalue weighted by Crippen LogP contribution is -2.35. The van der Waals surface area contributed by atoms with Gasteiger partial charge in [-0.3, -0.25) is 0 Å². The summed E-state index contributed by atoms with van der Waals surface area (Å²) in [5.74, 6) is -3.09. The van der Waals surface area contributed by atoms with Gasteiger partial charge in [-0.05, 0) is 30.5 Å². The first kappa shape index (κ1) is 18.5. The van der Waals surface area contributed by atoms with E-state index in [0.717, 1.165) is 12.1 Å². The van der Waals surface area contributed by atoms with Crippen LogP contribution in [0.2, 0.25) is 0 Å². The maximum Gasteiger partial charge on any atom is 0.150 e. The van der Waals surface area contributed by atoms with E-state index >= 15 is 4.39 Å². The van der Waals surface area contributed by atoms with Crippen LogP contribution >= 0.6 is 0 Å². The predicted molar refractivity (Wildman–Crippen MR) is 87.1 cm³/mol. The Bertz CT molecular complexity index is 876. The number of nitrogens with zero attached hydrogens (tertiary/aromatic N) is 4. The van der Waals surface area contributed by atoms with Crippen molar-refractivity contribution < 1.29 is 26.4 Å². The molecule has 0 aromatic heterocycles. The Hall–Kier alpha value is -2.26. The third kappa shape index (κ3) is 3.63. The van der Waals surface area contributed by atoms with Crippen LogP contribution < -0.4 is 0 Å². The summed E-state index contributed by atoms with van der Waals surface area (Å²) in [4.78, 5) is 7.62. The highest BCUT2D eigenvalue weighted by Gasteiger charge is 2.43. The molecule has 0 N–H and O–H groups in total. The molecule has 140 valence electrons. The van der Waals surface area contributed by atoms with Gasteiger partial charge in [-0.15, -0.1) is 0 Å². The van der Waals surface area contributed by atoms with Gasteiger partial charge in [-0.2, -0.15) is 0 Å². The minimum Gasteiger partial charge on any atom is -0.392 e. The van der Waals surface area contributed by atoms with Crippen LogP contribution in [0.5, 0.6) is 0 Å². The van der Waals surface area contributed by atoms with E-state index in [9.17, 15) is 17.2 Å². The Kier molecular flexibility index (Phi) is 4.85. The molecule has 1 saturated heterocycles. The van der Waals surface area contributed by atoms with Crippen molar-refractivity contribution in [2.75, 3.05) is 18.1 Å². The second-order valence-electron chi connectivity index (χ2n) is 6.31. The zero-order chi connectivity index (χ0) is 18.9. The number of sulfone groups is 1. The fourth-order valence-electron chi connectivity index (χ4n) is 3.10. The summed E-state index contributed by atoms with van der Waals surface area (Å²) in [6.45, 7) is 0.0224. The molecule has 2 aliphatic heterocycles. The number of halogens is 3. The maximum absolute atomic E-state index is 15.0. The highest BCUT2D eigenvalue weighted by atomic mass is 32.2. The third-order valence-electron chi connectivity index (χ3n) is 4.52. The summed E-state index contributed by atoms with van der Waals surface area (Å²) < 4.78 is 66.9. The third-order valence-corrected chi connectivity index (χ3v) is 6.18. The minimum absolute atomic E-state index is 0.0224. The van der Waals surface area contributed by atoms with Crippen LogP contribution in [0.3, 0.4) is 0 Å². The quantitative estimate of drug-likeness (QED) is 0.449. The standard InChI is InChI=1S/C15H15F3N4O3S/c16-11-5-9(13-7-10(25-21-13)8-20-22-19)6-12(17)14(11)15(18)1-3-26(23,24)4-2-15/h5-6,10H,1-4,7-8H2/t10-/m1/s1. The molecule has 2 heterocycles. The average Bonchev–Trinajstić information content (AvgIpc) is 3.04. The first-order valence-corrected chi connectivity index (χ1v) is 9.69. The van der Waals surface area contributed by atoms with Crippen LogP contribution in [0.1, 0.15) is 30.4 Å². The van der Waals surface area contributed by atoms with Gasteiger partial charge in [-0.25, -0.2) is 21.6 Å². The number of hydrogen-bond acceptors (Lipinski definition) is 5. The Balaban J connectivity index is 1.85. The number of rotatable bonds is 4. The summed E-state index contributed by atoms with van der Waals surface area (Å²) in [5, 5.41) is 7.08. The van der Waals surface area contributed by atoms with Crippen molar-refractivity contribution >= 4 is 15.5 Å². The zero-order valence-corrected chi connectivity index (χ0v) is 14.3. The predicted octanol–water partition coefficient (Wildman–Crippen LogP) is 3.14. The molecule has 3 rings (SSSR count). The highest BCUT2D eigenvalue weighted by Crippen LogP contribution is 2.41. The van der Waals surface area contributed by atoms with E-state index in [1.54, 1.807) is 0 Å². The molecule has 0 amide bonds. The molecule has 1 aromatic rings. The van der Waals surface area contributed by atoms with Gasteiger partial charge in [0.1, 0.15) is 23.4 Å². The monoisotopic (exact) mass is 388 g/mol. The van der Waals surface area contributed by atoms with Crippen LogP contribution in [-0.4, -0.2) is 38.3 Å². The molecular formula is C15H15F3N4O3S. The number of oxime groups is 1. The fourth-order valence-corrected chi connectivity index (χ4v) is 4.58. The van der Waals surface area contributed by atoms with Crippen molar-refractivity contribution in [1.82, 2.24) is 0 Å². The molecule has 1 fully saturated rings. The van der Waals surface area contributed by atoms with E-state index in [0.29, 0.717) is 0 Å². The van der Waals surface area contributed by atoms with Crippen LogP contribution in [0.25, 0.3) is 10.4 Å². The van der Waals surface area contributed by atoms with Gasteiger partial charge >= 0.3 is 0 Å². The van der Waals surface area contributed by atoms with E-state index in [1.807, 2.05) is 0 Å². The van der Waals surface area contributed by atoms with E-state index < -0.39 is 63.2 Å². The highest BCUT2D eigenvalue weighted by molar-refractivity contribution is 7.91. The second kappa shape index (κ2) is 6.81. The summed E-state index contributed by atoms with van der Waals surface area (Å²) in [6.07, 6.45) is -1.31. The number of benzene rings is 1. The molecule has 0 bridgehead atoms. The first-order valence-electron chi connectivity index (χ1n) is 7.87. The largest absolute Gasteiger partial charge is 0.392 e. The number of azide groups is 1. The van der Waals surface area contributed by atoms with Gasteiger partial charge in [0.05, 0.1) is 29.3 Å². The van der Waals surface area contributed by atoms with Crippen molar-refractivity contribution in [2.24, 2.45) is 10.3 Å². The lowest BCUT2D eigenvalue weighted by molar-refractivity contribution is 0.0919. The molecule has 11 heteroatoms. The molecule has 0 radical (unpaired) electrons. The van der Waals surface area contributed by atoms with Crippen LogP contribution in [-0.2, 0) is 20.3 Å². The molecule has 1 atom stereocenters. The molecule has 2 aliphatic rings. The van der Waals surface area contributed by atoms with Crippen LogP contribution in [0.4, 0.5) is 13.2 Å². The first-order chi connectivity index (χ1) is 12.2. The van der Waals surface area contributed by atoms with Crippen molar-refractivity contribution in [3.05, 3.63) is 45.3 Å². The van der Waals surface area contributed by atoms with Gasteiger partial charge in [0, 0.05) is 16.9 Å². The average molecular weight is 388 g/mol. The lowest BCUT2D eigenvalue weighted by Gasteiger charge is -2.30. The Labute approximate surface area is 147 Å². The number of hydrogen-bond donors (Lipinski definition) is 0. The molecule has 0 aliphatic carbocycles. The molecule has 26 heavy (non-hydrogen) atoms. The van der Waals surface area contributed by atoms with E-state index in [4.69, 9.17) is 10.4 Å². The Morgan fingerprint density at radius 1 is 1.31 bits per heavy atom. The van der Waals surface area contributed by atoms with Crippen LogP contribution in [0, 0.1) is 11.6 Å².